The highest BCUT2D eigenvalue weighted by atomic mass is 79.9. The van der Waals surface area contributed by atoms with Crippen molar-refractivity contribution in [2.45, 2.75) is 24.4 Å². The maximum atomic E-state index is 5.46. The monoisotopic (exact) mass is 403 g/mol. The van der Waals surface area contributed by atoms with Gasteiger partial charge in [0, 0.05) is 16.8 Å². The maximum Gasteiger partial charge on any atom is 0.191 e. The van der Waals surface area contributed by atoms with E-state index in [1.54, 1.807) is 18.9 Å². The summed E-state index contributed by atoms with van der Waals surface area (Å²) in [6.45, 7) is 2.91. The second kappa shape index (κ2) is 7.85. The minimum atomic E-state index is 0.807. The van der Waals surface area contributed by atoms with Crippen molar-refractivity contribution in [3.63, 3.8) is 0 Å². The van der Waals surface area contributed by atoms with Crippen LogP contribution in [0.3, 0.4) is 0 Å². The number of aromatic nitrogens is 3. The fourth-order valence-corrected chi connectivity index (χ4v) is 3.88. The zero-order chi connectivity index (χ0) is 16.9. The van der Waals surface area contributed by atoms with Crippen molar-refractivity contribution in [1.82, 2.24) is 14.8 Å². The lowest BCUT2D eigenvalue weighted by molar-refractivity contribution is 0.416. The molecule has 0 aliphatic carbocycles. The van der Waals surface area contributed by atoms with E-state index >= 15 is 0 Å². The summed E-state index contributed by atoms with van der Waals surface area (Å²) in [4.78, 5) is 0. The van der Waals surface area contributed by atoms with Gasteiger partial charge < -0.3 is 9.30 Å². The highest BCUT2D eigenvalue weighted by Crippen LogP contribution is 2.31. The third-order valence-electron chi connectivity index (χ3n) is 3.64. The van der Waals surface area contributed by atoms with Crippen molar-refractivity contribution < 1.29 is 4.74 Å². The SMILES string of the molecule is CCn1c(SCc2cccc(Br)c2)nnc1-c1ccccc1OC. The summed E-state index contributed by atoms with van der Waals surface area (Å²) in [5, 5.41) is 9.70. The van der Waals surface area contributed by atoms with Gasteiger partial charge in [-0.05, 0) is 36.8 Å². The minimum absolute atomic E-state index is 0.807. The van der Waals surface area contributed by atoms with Gasteiger partial charge in [0.1, 0.15) is 5.75 Å². The molecule has 1 aromatic heterocycles. The molecule has 0 saturated carbocycles. The number of hydrogen-bond donors (Lipinski definition) is 0. The fourth-order valence-electron chi connectivity index (χ4n) is 2.48. The Morgan fingerprint density at radius 1 is 1.12 bits per heavy atom. The summed E-state index contributed by atoms with van der Waals surface area (Å²) in [5.74, 6) is 2.50. The van der Waals surface area contributed by atoms with Gasteiger partial charge in [0.05, 0.1) is 12.7 Å². The van der Waals surface area contributed by atoms with Crippen LogP contribution in [-0.2, 0) is 12.3 Å². The van der Waals surface area contributed by atoms with Gasteiger partial charge in [-0.15, -0.1) is 10.2 Å². The highest BCUT2D eigenvalue weighted by Gasteiger charge is 2.16. The van der Waals surface area contributed by atoms with E-state index in [0.29, 0.717) is 0 Å². The Morgan fingerprint density at radius 2 is 1.96 bits per heavy atom. The molecule has 0 fully saturated rings. The van der Waals surface area contributed by atoms with Crippen LogP contribution < -0.4 is 4.74 Å². The average Bonchev–Trinajstić information content (AvgIpc) is 3.02. The molecule has 0 aliphatic rings. The van der Waals surface area contributed by atoms with Gasteiger partial charge in [-0.2, -0.15) is 0 Å². The normalized spacial score (nSPS) is 10.8. The van der Waals surface area contributed by atoms with Crippen LogP contribution in [0.5, 0.6) is 5.75 Å². The summed E-state index contributed by atoms with van der Waals surface area (Å²) in [6.07, 6.45) is 0. The first-order valence-electron chi connectivity index (χ1n) is 7.66. The quantitative estimate of drug-likeness (QED) is 0.541. The predicted octanol–water partition coefficient (Wildman–Crippen LogP) is 5.03. The van der Waals surface area contributed by atoms with Crippen LogP contribution in [0.25, 0.3) is 11.4 Å². The predicted molar refractivity (Wildman–Crippen MR) is 101 cm³/mol. The number of ether oxygens (including phenoxy) is 1. The van der Waals surface area contributed by atoms with Gasteiger partial charge >= 0.3 is 0 Å². The topological polar surface area (TPSA) is 39.9 Å². The summed E-state index contributed by atoms with van der Waals surface area (Å²) in [6, 6.07) is 16.2. The molecule has 4 nitrogen and oxygen atoms in total. The van der Waals surface area contributed by atoms with Gasteiger partial charge in [0.2, 0.25) is 0 Å². The largest absolute Gasteiger partial charge is 0.496 e. The Balaban J connectivity index is 1.87. The molecule has 3 rings (SSSR count). The number of para-hydroxylation sites is 1. The number of benzene rings is 2. The van der Waals surface area contributed by atoms with Crippen molar-refractivity contribution in [3.05, 3.63) is 58.6 Å². The molecule has 2 aromatic carbocycles. The number of methoxy groups -OCH3 is 1. The van der Waals surface area contributed by atoms with E-state index in [9.17, 15) is 0 Å². The molecule has 0 saturated heterocycles. The number of nitrogens with zero attached hydrogens (tertiary/aromatic N) is 3. The summed E-state index contributed by atoms with van der Waals surface area (Å²) < 4.78 is 8.67. The molecule has 1 heterocycles. The summed E-state index contributed by atoms with van der Waals surface area (Å²) in [7, 11) is 1.68. The van der Waals surface area contributed by atoms with Gasteiger partial charge in [0.15, 0.2) is 11.0 Å². The van der Waals surface area contributed by atoms with Crippen LogP contribution in [0, 0.1) is 0 Å². The fraction of sp³-hybridized carbons (Fsp3) is 0.222. The second-order valence-electron chi connectivity index (χ2n) is 5.17. The molecule has 24 heavy (non-hydrogen) atoms. The zero-order valence-electron chi connectivity index (χ0n) is 13.6. The first-order valence-corrected chi connectivity index (χ1v) is 9.44. The van der Waals surface area contributed by atoms with Crippen molar-refractivity contribution >= 4 is 27.7 Å². The number of halogens is 1. The first-order chi connectivity index (χ1) is 11.7. The average molecular weight is 404 g/mol. The van der Waals surface area contributed by atoms with Gasteiger partial charge in [-0.1, -0.05) is 52.0 Å². The highest BCUT2D eigenvalue weighted by molar-refractivity contribution is 9.10. The van der Waals surface area contributed by atoms with E-state index < -0.39 is 0 Å². The molecule has 0 amide bonds. The standard InChI is InChI=1S/C18H18BrN3OS/c1-3-22-17(15-9-4-5-10-16(15)23-2)20-21-18(22)24-12-13-7-6-8-14(19)11-13/h4-11H,3,12H2,1-2H3. The third-order valence-corrected chi connectivity index (χ3v) is 5.17. The molecule has 0 N–H and O–H groups in total. The molecule has 0 radical (unpaired) electrons. The Bertz CT molecular complexity index is 835. The summed E-state index contributed by atoms with van der Waals surface area (Å²) in [5.41, 5.74) is 2.21. The first kappa shape index (κ1) is 17.0. The lowest BCUT2D eigenvalue weighted by Gasteiger charge is -2.10. The maximum absolute atomic E-state index is 5.46. The van der Waals surface area contributed by atoms with Crippen LogP contribution >= 0.6 is 27.7 Å². The Kier molecular flexibility index (Phi) is 5.58. The molecular weight excluding hydrogens is 386 g/mol. The van der Waals surface area contributed by atoms with Crippen LogP contribution in [0.1, 0.15) is 12.5 Å². The van der Waals surface area contributed by atoms with Crippen LogP contribution in [0.15, 0.2) is 58.2 Å². The van der Waals surface area contributed by atoms with Crippen LogP contribution in [-0.4, -0.2) is 21.9 Å². The Labute approximate surface area is 154 Å². The number of thioether (sulfide) groups is 1. The van der Waals surface area contributed by atoms with Crippen molar-refractivity contribution in [2.75, 3.05) is 7.11 Å². The molecule has 0 aliphatic heterocycles. The van der Waals surface area contributed by atoms with Crippen molar-refractivity contribution in [2.24, 2.45) is 0 Å². The number of rotatable bonds is 6. The van der Waals surface area contributed by atoms with E-state index in [1.807, 2.05) is 36.4 Å². The van der Waals surface area contributed by atoms with Crippen molar-refractivity contribution in [3.8, 4) is 17.1 Å². The Hall–Kier alpha value is -1.79. The molecule has 6 heteroatoms. The van der Waals surface area contributed by atoms with Gasteiger partial charge in [-0.3, -0.25) is 0 Å². The van der Waals surface area contributed by atoms with E-state index in [0.717, 1.165) is 39.1 Å². The van der Waals surface area contributed by atoms with E-state index in [2.05, 4.69) is 49.8 Å². The summed E-state index contributed by atoms with van der Waals surface area (Å²) >= 11 is 5.20. The number of hydrogen-bond acceptors (Lipinski definition) is 4. The van der Waals surface area contributed by atoms with E-state index in [1.165, 1.54) is 5.56 Å². The van der Waals surface area contributed by atoms with E-state index in [-0.39, 0.29) is 0 Å². The Morgan fingerprint density at radius 3 is 2.71 bits per heavy atom. The molecule has 3 aromatic rings. The van der Waals surface area contributed by atoms with Gasteiger partial charge in [-0.25, -0.2) is 0 Å². The van der Waals surface area contributed by atoms with Gasteiger partial charge in [0.25, 0.3) is 0 Å². The van der Waals surface area contributed by atoms with Crippen LogP contribution in [0.2, 0.25) is 0 Å². The molecule has 0 bridgehead atoms. The van der Waals surface area contributed by atoms with Crippen molar-refractivity contribution in [1.29, 1.82) is 0 Å². The van der Waals surface area contributed by atoms with Crippen LogP contribution in [0.4, 0.5) is 0 Å². The second-order valence-corrected chi connectivity index (χ2v) is 7.03. The molecule has 0 spiro atoms. The molecule has 124 valence electrons. The lowest BCUT2D eigenvalue weighted by Crippen LogP contribution is -2.01. The lowest BCUT2D eigenvalue weighted by atomic mass is 10.2. The minimum Gasteiger partial charge on any atom is -0.496 e. The zero-order valence-corrected chi connectivity index (χ0v) is 16.0. The molecular formula is C18H18BrN3OS. The smallest absolute Gasteiger partial charge is 0.191 e. The van der Waals surface area contributed by atoms with E-state index in [4.69, 9.17) is 4.74 Å². The third kappa shape index (κ3) is 3.65. The molecule has 0 unspecified atom stereocenters. The molecule has 0 atom stereocenters.